The third-order valence-corrected chi connectivity index (χ3v) is 4.31. The van der Waals surface area contributed by atoms with Gasteiger partial charge >= 0.3 is 0 Å². The van der Waals surface area contributed by atoms with Crippen LogP contribution in [0.3, 0.4) is 0 Å². The fraction of sp³-hybridized carbons (Fsp3) is 0.615. The summed E-state index contributed by atoms with van der Waals surface area (Å²) >= 11 is 5.20. The minimum atomic E-state index is -0.582. The van der Waals surface area contributed by atoms with Gasteiger partial charge in [0.1, 0.15) is 0 Å². The van der Waals surface area contributed by atoms with Crippen molar-refractivity contribution in [1.82, 2.24) is 20.0 Å². The molecule has 0 radical (unpaired) electrons. The van der Waals surface area contributed by atoms with Crippen molar-refractivity contribution in [2.75, 3.05) is 20.1 Å². The predicted octanol–water partition coefficient (Wildman–Crippen LogP) is 0.209. The fourth-order valence-electron chi connectivity index (χ4n) is 2.54. The third-order valence-electron chi connectivity index (χ3n) is 3.92. The second kappa shape index (κ2) is 5.49. The van der Waals surface area contributed by atoms with Crippen molar-refractivity contribution in [3.63, 3.8) is 0 Å². The summed E-state index contributed by atoms with van der Waals surface area (Å²) < 4.78 is 1.63. The Bertz CT molecular complexity index is 531. The number of nitrogens with two attached hydrogens (primary N) is 1. The van der Waals surface area contributed by atoms with Crippen molar-refractivity contribution in [1.29, 1.82) is 0 Å². The highest BCUT2D eigenvalue weighted by Gasteiger charge is 2.38. The van der Waals surface area contributed by atoms with E-state index in [1.807, 2.05) is 6.92 Å². The van der Waals surface area contributed by atoms with Crippen LogP contribution in [0.5, 0.6) is 0 Å². The predicted molar refractivity (Wildman–Crippen MR) is 81.7 cm³/mol. The summed E-state index contributed by atoms with van der Waals surface area (Å²) in [6.45, 7) is 3.55. The molecule has 7 heteroatoms. The number of amides is 1. The van der Waals surface area contributed by atoms with E-state index < -0.39 is 5.54 Å². The van der Waals surface area contributed by atoms with Gasteiger partial charge < -0.3 is 16.0 Å². The first-order valence-electron chi connectivity index (χ1n) is 6.65. The number of nitrogens with one attached hydrogen (secondary N) is 1. The van der Waals surface area contributed by atoms with Crippen LogP contribution >= 0.6 is 12.2 Å². The molecule has 2 heterocycles. The van der Waals surface area contributed by atoms with Crippen molar-refractivity contribution in [3.05, 3.63) is 17.5 Å². The molecule has 1 aliphatic heterocycles. The third kappa shape index (κ3) is 2.83. The van der Waals surface area contributed by atoms with Crippen LogP contribution in [-0.4, -0.2) is 51.3 Å². The maximum Gasteiger partial charge on any atom is 0.255 e. The molecule has 0 bridgehead atoms. The van der Waals surface area contributed by atoms with Crippen LogP contribution in [0.25, 0.3) is 0 Å². The molecule has 1 aromatic rings. The summed E-state index contributed by atoms with van der Waals surface area (Å²) in [6, 6.07) is 0. The van der Waals surface area contributed by atoms with E-state index in [0.717, 1.165) is 25.9 Å². The summed E-state index contributed by atoms with van der Waals surface area (Å²) in [5, 5.41) is 7.23. The van der Waals surface area contributed by atoms with Gasteiger partial charge in [-0.2, -0.15) is 5.10 Å². The molecule has 20 heavy (non-hydrogen) atoms. The van der Waals surface area contributed by atoms with Crippen molar-refractivity contribution < 1.29 is 4.79 Å². The summed E-state index contributed by atoms with van der Waals surface area (Å²) in [5.74, 6) is -0.159. The van der Waals surface area contributed by atoms with Crippen LogP contribution in [-0.2, 0) is 7.05 Å². The summed E-state index contributed by atoms with van der Waals surface area (Å²) in [7, 11) is 3.85. The second-order valence-corrected chi connectivity index (χ2v) is 5.95. The number of piperidine rings is 1. The van der Waals surface area contributed by atoms with Crippen LogP contribution in [0.1, 0.15) is 28.9 Å². The number of hydrogen-bond donors (Lipinski definition) is 2. The van der Waals surface area contributed by atoms with Crippen molar-refractivity contribution in [3.8, 4) is 0 Å². The van der Waals surface area contributed by atoms with Gasteiger partial charge in [-0.3, -0.25) is 9.48 Å². The normalized spacial score (nSPS) is 18.8. The maximum atomic E-state index is 12.4. The molecule has 1 saturated heterocycles. The Morgan fingerprint density at radius 1 is 1.45 bits per heavy atom. The van der Waals surface area contributed by atoms with E-state index in [-0.39, 0.29) is 5.91 Å². The number of carbonyl (C=O) groups excluding carboxylic acids is 1. The number of nitrogens with zero attached hydrogens (tertiary/aromatic N) is 3. The van der Waals surface area contributed by atoms with Gasteiger partial charge in [0.05, 0.1) is 21.8 Å². The number of thiocarbonyl (C=S) groups is 1. The Balaban J connectivity index is 2.19. The Morgan fingerprint density at radius 2 is 2.05 bits per heavy atom. The molecule has 0 spiro atoms. The molecular formula is C13H21N5OS. The number of aromatic nitrogens is 2. The first-order valence-corrected chi connectivity index (χ1v) is 7.06. The lowest BCUT2D eigenvalue weighted by atomic mass is 9.87. The van der Waals surface area contributed by atoms with Gasteiger partial charge in [0.25, 0.3) is 5.91 Å². The first-order chi connectivity index (χ1) is 9.34. The van der Waals surface area contributed by atoms with Gasteiger partial charge in [-0.15, -0.1) is 0 Å². The summed E-state index contributed by atoms with van der Waals surface area (Å²) in [4.78, 5) is 15.0. The Hall–Kier alpha value is -1.47. The molecule has 1 aromatic heterocycles. The number of rotatable bonds is 3. The lowest BCUT2D eigenvalue weighted by molar-refractivity contribution is 0.0889. The molecule has 0 saturated carbocycles. The highest BCUT2D eigenvalue weighted by Crippen LogP contribution is 2.23. The van der Waals surface area contributed by atoms with Crippen LogP contribution < -0.4 is 11.1 Å². The standard InChI is InChI=1S/C13H21N5OS/c1-9-10(8-18(3)16-9)11(19)15-13(12(14)20)4-6-17(2)7-5-13/h8H,4-7H2,1-3H3,(H2,14,20)(H,15,19). The largest absolute Gasteiger partial charge is 0.391 e. The van der Waals surface area contributed by atoms with Gasteiger partial charge in [0.15, 0.2) is 0 Å². The minimum Gasteiger partial charge on any atom is -0.391 e. The molecule has 1 fully saturated rings. The monoisotopic (exact) mass is 295 g/mol. The number of likely N-dealkylation sites (tertiary alicyclic amines) is 1. The van der Waals surface area contributed by atoms with Crippen LogP contribution in [0, 0.1) is 6.92 Å². The quantitative estimate of drug-likeness (QED) is 0.780. The Kier molecular flexibility index (Phi) is 4.10. The van der Waals surface area contributed by atoms with E-state index in [0.29, 0.717) is 16.2 Å². The number of aryl methyl sites for hydroxylation is 2. The molecule has 1 amide bonds. The molecular weight excluding hydrogens is 274 g/mol. The zero-order valence-electron chi connectivity index (χ0n) is 12.1. The molecule has 0 unspecified atom stereocenters. The van der Waals surface area contributed by atoms with Crippen LogP contribution in [0.2, 0.25) is 0 Å². The van der Waals surface area contributed by atoms with E-state index in [1.54, 1.807) is 17.9 Å². The molecule has 2 rings (SSSR count). The Labute approximate surface area is 124 Å². The fourth-order valence-corrected chi connectivity index (χ4v) is 2.80. The second-order valence-electron chi connectivity index (χ2n) is 5.51. The zero-order valence-corrected chi connectivity index (χ0v) is 13.0. The van der Waals surface area contributed by atoms with Gasteiger partial charge in [0.2, 0.25) is 0 Å². The van der Waals surface area contributed by atoms with E-state index in [9.17, 15) is 4.79 Å². The van der Waals surface area contributed by atoms with E-state index in [4.69, 9.17) is 18.0 Å². The zero-order chi connectivity index (χ0) is 14.9. The van der Waals surface area contributed by atoms with Gasteiger partial charge in [-0.05, 0) is 26.8 Å². The molecule has 6 nitrogen and oxygen atoms in total. The van der Waals surface area contributed by atoms with E-state index >= 15 is 0 Å². The molecule has 0 aliphatic carbocycles. The molecule has 0 aromatic carbocycles. The van der Waals surface area contributed by atoms with E-state index in [1.165, 1.54) is 0 Å². The lowest BCUT2D eigenvalue weighted by Gasteiger charge is -2.40. The molecule has 110 valence electrons. The Morgan fingerprint density at radius 3 is 2.50 bits per heavy atom. The summed E-state index contributed by atoms with van der Waals surface area (Å²) in [5.41, 5.74) is 6.59. The van der Waals surface area contributed by atoms with E-state index in [2.05, 4.69) is 22.4 Å². The van der Waals surface area contributed by atoms with Crippen LogP contribution in [0.15, 0.2) is 6.20 Å². The van der Waals surface area contributed by atoms with Crippen molar-refractivity contribution in [2.45, 2.75) is 25.3 Å². The molecule has 1 aliphatic rings. The molecule has 3 N–H and O–H groups in total. The lowest BCUT2D eigenvalue weighted by Crippen LogP contribution is -2.61. The highest BCUT2D eigenvalue weighted by molar-refractivity contribution is 7.80. The SMILES string of the molecule is Cc1nn(C)cc1C(=O)NC1(C(N)=S)CCN(C)CC1. The summed E-state index contributed by atoms with van der Waals surface area (Å²) in [6.07, 6.45) is 3.20. The first kappa shape index (κ1) is 14.9. The number of carbonyl (C=O) groups is 1. The topological polar surface area (TPSA) is 76.2 Å². The van der Waals surface area contributed by atoms with Gasteiger partial charge in [-0.25, -0.2) is 0 Å². The minimum absolute atomic E-state index is 0.159. The van der Waals surface area contributed by atoms with Crippen LogP contribution in [0.4, 0.5) is 0 Å². The maximum absolute atomic E-state index is 12.4. The van der Waals surface area contributed by atoms with Gasteiger partial charge in [-0.1, -0.05) is 12.2 Å². The smallest absolute Gasteiger partial charge is 0.255 e. The van der Waals surface area contributed by atoms with Crippen molar-refractivity contribution in [2.24, 2.45) is 12.8 Å². The highest BCUT2D eigenvalue weighted by atomic mass is 32.1. The van der Waals surface area contributed by atoms with Gasteiger partial charge in [0, 0.05) is 26.3 Å². The average Bonchev–Trinajstić information content (AvgIpc) is 2.71. The van der Waals surface area contributed by atoms with Crippen molar-refractivity contribution >= 4 is 23.1 Å². The molecule has 0 atom stereocenters. The number of hydrogen-bond acceptors (Lipinski definition) is 4. The average molecular weight is 295 g/mol.